The highest BCUT2D eigenvalue weighted by molar-refractivity contribution is 5.73. The summed E-state index contributed by atoms with van der Waals surface area (Å²) >= 11 is 0. The molecule has 120 valence electrons. The maximum Gasteiger partial charge on any atom is 0.219 e. The number of nitrogens with zero attached hydrogens (tertiary/aromatic N) is 2. The van der Waals surface area contributed by atoms with E-state index in [0.29, 0.717) is 12.5 Å². The summed E-state index contributed by atoms with van der Waals surface area (Å²) in [6.07, 6.45) is 7.47. The Labute approximate surface area is 131 Å². The summed E-state index contributed by atoms with van der Waals surface area (Å²) in [7, 11) is 0. The van der Waals surface area contributed by atoms with Crippen LogP contribution in [0.2, 0.25) is 0 Å². The molecule has 2 aliphatic heterocycles. The number of aromatic nitrogens is 1. The van der Waals surface area contributed by atoms with Crippen molar-refractivity contribution in [1.82, 2.24) is 9.88 Å². The molecule has 5 nitrogen and oxygen atoms in total. The molecule has 1 aromatic heterocycles. The molecule has 0 N–H and O–H groups in total. The third kappa shape index (κ3) is 3.24. The molecule has 0 radical (unpaired) electrons. The van der Waals surface area contributed by atoms with Crippen molar-refractivity contribution >= 4 is 5.91 Å². The van der Waals surface area contributed by atoms with Crippen LogP contribution < -0.4 is 4.74 Å². The van der Waals surface area contributed by atoms with Crippen molar-refractivity contribution in [2.45, 2.75) is 38.2 Å². The Morgan fingerprint density at radius 2 is 2.32 bits per heavy atom. The van der Waals surface area contributed by atoms with Crippen LogP contribution in [-0.2, 0) is 9.53 Å². The van der Waals surface area contributed by atoms with Crippen LogP contribution in [-0.4, -0.2) is 47.7 Å². The van der Waals surface area contributed by atoms with Crippen molar-refractivity contribution in [2.75, 3.05) is 26.3 Å². The molecule has 0 aromatic carbocycles. The van der Waals surface area contributed by atoms with Crippen molar-refractivity contribution < 1.29 is 14.3 Å². The molecule has 2 aliphatic rings. The molecule has 0 unspecified atom stereocenters. The van der Waals surface area contributed by atoms with Crippen molar-refractivity contribution in [2.24, 2.45) is 5.92 Å². The highest BCUT2D eigenvalue weighted by atomic mass is 16.5. The number of hydrogen-bond acceptors (Lipinski definition) is 4. The summed E-state index contributed by atoms with van der Waals surface area (Å²) in [5, 5.41) is 0. The zero-order valence-electron chi connectivity index (χ0n) is 13.2. The second-order valence-electron chi connectivity index (χ2n) is 6.23. The van der Waals surface area contributed by atoms with Gasteiger partial charge in [-0.2, -0.15) is 0 Å². The van der Waals surface area contributed by atoms with Crippen molar-refractivity contribution in [1.29, 1.82) is 0 Å². The lowest BCUT2D eigenvalue weighted by molar-refractivity contribution is -0.135. The van der Waals surface area contributed by atoms with Crippen molar-refractivity contribution in [3.63, 3.8) is 0 Å². The van der Waals surface area contributed by atoms with Crippen LogP contribution in [0.3, 0.4) is 0 Å². The third-order valence-electron chi connectivity index (χ3n) is 5.02. The standard InChI is InChI=1S/C17H24N2O3/c1-14(20)19-9-6-17(7-10-19)15(5-12-22-17)4-11-21-16-3-2-8-18-13-16/h2-3,8,13,15H,4-7,9-12H2,1H3/t15-/m0/s1. The Balaban J connectivity index is 1.52. The van der Waals surface area contributed by atoms with Gasteiger partial charge in [0.15, 0.2) is 0 Å². The van der Waals surface area contributed by atoms with Gasteiger partial charge in [0.1, 0.15) is 5.75 Å². The van der Waals surface area contributed by atoms with Gasteiger partial charge in [-0.05, 0) is 43.7 Å². The summed E-state index contributed by atoms with van der Waals surface area (Å²) in [6, 6.07) is 3.81. The molecule has 0 bridgehead atoms. The third-order valence-corrected chi connectivity index (χ3v) is 5.02. The predicted molar refractivity (Wildman–Crippen MR) is 82.6 cm³/mol. The molecule has 1 aromatic rings. The first kappa shape index (κ1) is 15.3. The fraction of sp³-hybridized carbons (Fsp3) is 0.647. The maximum atomic E-state index is 11.5. The summed E-state index contributed by atoms with van der Waals surface area (Å²) in [5.41, 5.74) is -0.0375. The molecule has 3 rings (SSSR count). The van der Waals surface area contributed by atoms with E-state index in [1.807, 2.05) is 17.0 Å². The van der Waals surface area contributed by atoms with Gasteiger partial charge in [0.25, 0.3) is 0 Å². The van der Waals surface area contributed by atoms with E-state index in [4.69, 9.17) is 9.47 Å². The van der Waals surface area contributed by atoms with E-state index in [1.54, 1.807) is 19.3 Å². The second-order valence-corrected chi connectivity index (χ2v) is 6.23. The number of carbonyl (C=O) groups excluding carboxylic acids is 1. The van der Waals surface area contributed by atoms with Gasteiger partial charge in [0, 0.05) is 32.8 Å². The van der Waals surface area contributed by atoms with Crippen LogP contribution in [0.5, 0.6) is 5.75 Å². The Bertz CT molecular complexity index is 498. The van der Waals surface area contributed by atoms with Crippen LogP contribution in [0.1, 0.15) is 32.6 Å². The quantitative estimate of drug-likeness (QED) is 0.856. The Morgan fingerprint density at radius 3 is 3.00 bits per heavy atom. The fourth-order valence-corrected chi connectivity index (χ4v) is 3.70. The molecule has 2 saturated heterocycles. The Hall–Kier alpha value is -1.62. The number of pyridine rings is 1. The van der Waals surface area contributed by atoms with E-state index in [2.05, 4.69) is 4.98 Å². The lowest BCUT2D eigenvalue weighted by Crippen LogP contribution is -2.49. The number of amides is 1. The number of rotatable bonds is 4. The van der Waals surface area contributed by atoms with Gasteiger partial charge >= 0.3 is 0 Å². The normalized spacial score (nSPS) is 23.7. The van der Waals surface area contributed by atoms with Gasteiger partial charge in [-0.25, -0.2) is 0 Å². The van der Waals surface area contributed by atoms with Crippen LogP contribution in [0, 0.1) is 5.92 Å². The average Bonchev–Trinajstić information content (AvgIpc) is 2.91. The summed E-state index contributed by atoms with van der Waals surface area (Å²) < 4.78 is 11.9. The van der Waals surface area contributed by atoms with Gasteiger partial charge in [-0.3, -0.25) is 9.78 Å². The molecule has 0 saturated carbocycles. The number of piperidine rings is 1. The maximum absolute atomic E-state index is 11.5. The Morgan fingerprint density at radius 1 is 1.50 bits per heavy atom. The number of likely N-dealkylation sites (tertiary alicyclic amines) is 1. The van der Waals surface area contributed by atoms with E-state index in [-0.39, 0.29) is 11.5 Å². The molecule has 0 aliphatic carbocycles. The van der Waals surface area contributed by atoms with Gasteiger partial charge in [0.05, 0.1) is 18.4 Å². The van der Waals surface area contributed by atoms with Crippen LogP contribution in [0.4, 0.5) is 0 Å². The fourth-order valence-electron chi connectivity index (χ4n) is 3.70. The van der Waals surface area contributed by atoms with E-state index >= 15 is 0 Å². The first-order valence-electron chi connectivity index (χ1n) is 8.12. The molecule has 1 spiro atoms. The van der Waals surface area contributed by atoms with Gasteiger partial charge in [0.2, 0.25) is 5.91 Å². The largest absolute Gasteiger partial charge is 0.492 e. The van der Waals surface area contributed by atoms with Crippen LogP contribution in [0.25, 0.3) is 0 Å². The highest BCUT2D eigenvalue weighted by Gasteiger charge is 2.46. The lowest BCUT2D eigenvalue weighted by atomic mass is 9.78. The monoisotopic (exact) mass is 304 g/mol. The van der Waals surface area contributed by atoms with Gasteiger partial charge in [-0.1, -0.05) is 0 Å². The van der Waals surface area contributed by atoms with E-state index in [1.165, 1.54) is 0 Å². The minimum Gasteiger partial charge on any atom is -0.492 e. The smallest absolute Gasteiger partial charge is 0.219 e. The molecule has 5 heteroatoms. The topological polar surface area (TPSA) is 51.7 Å². The molecule has 1 atom stereocenters. The zero-order valence-corrected chi connectivity index (χ0v) is 13.2. The Kier molecular flexibility index (Phi) is 4.62. The molecule has 3 heterocycles. The second kappa shape index (κ2) is 6.65. The van der Waals surface area contributed by atoms with Crippen molar-refractivity contribution in [3.05, 3.63) is 24.5 Å². The first-order chi connectivity index (χ1) is 10.7. The van der Waals surface area contributed by atoms with Crippen LogP contribution >= 0.6 is 0 Å². The van der Waals surface area contributed by atoms with E-state index in [0.717, 1.165) is 51.1 Å². The van der Waals surface area contributed by atoms with Crippen LogP contribution in [0.15, 0.2) is 24.5 Å². The number of ether oxygens (including phenoxy) is 2. The first-order valence-corrected chi connectivity index (χ1v) is 8.12. The van der Waals surface area contributed by atoms with E-state index < -0.39 is 0 Å². The highest BCUT2D eigenvalue weighted by Crippen LogP contribution is 2.42. The number of hydrogen-bond donors (Lipinski definition) is 0. The average molecular weight is 304 g/mol. The summed E-state index contributed by atoms with van der Waals surface area (Å²) in [6.45, 7) is 4.80. The summed E-state index contributed by atoms with van der Waals surface area (Å²) in [5.74, 6) is 1.52. The van der Waals surface area contributed by atoms with E-state index in [9.17, 15) is 4.79 Å². The minimum absolute atomic E-state index is 0.0375. The van der Waals surface area contributed by atoms with Gasteiger partial charge < -0.3 is 14.4 Å². The predicted octanol–water partition coefficient (Wildman–Crippen LogP) is 2.27. The lowest BCUT2D eigenvalue weighted by Gasteiger charge is -2.42. The summed E-state index contributed by atoms with van der Waals surface area (Å²) in [4.78, 5) is 17.5. The number of carbonyl (C=O) groups is 1. The molecule has 22 heavy (non-hydrogen) atoms. The SMILES string of the molecule is CC(=O)N1CCC2(CC1)OCC[C@@H]2CCOc1cccnc1. The molecular weight excluding hydrogens is 280 g/mol. The minimum atomic E-state index is -0.0375. The molecule has 2 fully saturated rings. The van der Waals surface area contributed by atoms with Crippen molar-refractivity contribution in [3.8, 4) is 5.75 Å². The zero-order chi connectivity index (χ0) is 15.4. The van der Waals surface area contributed by atoms with Gasteiger partial charge in [-0.15, -0.1) is 0 Å². The molecular formula is C17H24N2O3. The molecule has 1 amide bonds.